The standard InChI is InChI=1S/C36H63N7O11S3/c1-21-15-26(11-13-31(21)41-42-32-14-12-27(20-33(32)54-2)39-38-25-6-4-8-29(18-25)56(48,49)50)40-43-35-34(57(51,52)53)16-22-9-10-24(19-30(22)36(35)44)37-23-5-3-7-28(17-23)55(45,46)47/h21-37,44H,3-20H2,1-2H3,(H,45,46,47)(H,48,49,50)(H,51,52,53). The fourth-order valence-electron chi connectivity index (χ4n) is 10.6. The Kier molecular flexibility index (Phi) is 15.0. The lowest BCUT2D eigenvalue weighted by atomic mass is 9.66. The second-order valence-electron chi connectivity index (χ2n) is 17.8. The van der Waals surface area contributed by atoms with E-state index in [0.717, 1.165) is 25.7 Å². The maximum Gasteiger partial charge on any atom is 0.270 e. The zero-order chi connectivity index (χ0) is 41.1. The minimum atomic E-state index is -4.52. The molecule has 0 aromatic heterocycles. The van der Waals surface area contributed by atoms with E-state index in [0.29, 0.717) is 77.0 Å². The van der Waals surface area contributed by atoms with E-state index in [1.54, 1.807) is 7.11 Å². The summed E-state index contributed by atoms with van der Waals surface area (Å²) in [6, 6.07) is -1.86. The number of hydrogen-bond acceptors (Lipinski definition) is 15. The highest BCUT2D eigenvalue weighted by Gasteiger charge is 2.51. The van der Waals surface area contributed by atoms with Crippen molar-refractivity contribution in [3.05, 3.63) is 0 Å². The lowest BCUT2D eigenvalue weighted by Gasteiger charge is -2.47. The van der Waals surface area contributed by atoms with Crippen molar-refractivity contribution in [3.8, 4) is 0 Å². The van der Waals surface area contributed by atoms with Crippen LogP contribution in [0.5, 0.6) is 0 Å². The van der Waals surface area contributed by atoms with Crippen LogP contribution in [0.3, 0.4) is 0 Å². The van der Waals surface area contributed by atoms with Crippen molar-refractivity contribution in [2.24, 2.45) is 48.4 Å². The zero-order valence-corrected chi connectivity index (χ0v) is 35.5. The molecule has 0 aromatic carbocycles. The monoisotopic (exact) mass is 865 g/mol. The number of hydrogen-bond donors (Lipinski definition) is 5. The van der Waals surface area contributed by atoms with Gasteiger partial charge in [-0.05, 0) is 127 Å². The predicted molar refractivity (Wildman–Crippen MR) is 210 cm³/mol. The third-order valence-corrected chi connectivity index (χ3v) is 17.7. The van der Waals surface area contributed by atoms with Crippen LogP contribution in [-0.4, -0.2) is 127 Å². The van der Waals surface area contributed by atoms with E-state index in [4.69, 9.17) is 15.0 Å². The van der Waals surface area contributed by atoms with Gasteiger partial charge in [-0.2, -0.15) is 55.9 Å². The number of rotatable bonds is 12. The second kappa shape index (κ2) is 19.0. The minimum Gasteiger partial charge on any atom is -0.390 e. The molecule has 6 aliphatic carbocycles. The number of aliphatic hydroxyl groups is 1. The molecule has 5 N–H and O–H groups in total. The first-order valence-corrected chi connectivity index (χ1v) is 25.5. The molecule has 6 rings (SSSR count). The fraction of sp³-hybridized carbons (Fsp3) is 1.00. The number of azo groups is 3. The number of aliphatic hydroxyl groups excluding tert-OH is 1. The normalized spacial score (nSPS) is 43.1. The zero-order valence-electron chi connectivity index (χ0n) is 33.0. The summed E-state index contributed by atoms with van der Waals surface area (Å²) in [5.74, 6) is -0.263. The van der Waals surface area contributed by atoms with Gasteiger partial charge in [0, 0.05) is 19.2 Å². The molecule has 57 heavy (non-hydrogen) atoms. The van der Waals surface area contributed by atoms with Gasteiger partial charge in [0.15, 0.2) is 0 Å². The van der Waals surface area contributed by atoms with E-state index in [1.165, 1.54) is 0 Å². The number of methoxy groups -OCH3 is 1. The van der Waals surface area contributed by atoms with Crippen molar-refractivity contribution < 1.29 is 48.8 Å². The Bertz CT molecular complexity index is 1790. The van der Waals surface area contributed by atoms with Crippen molar-refractivity contribution in [3.63, 3.8) is 0 Å². The molecule has 0 aliphatic heterocycles. The number of ether oxygens (including phenoxy) is 1. The average molecular weight is 866 g/mol. The minimum absolute atomic E-state index is 0.00612. The van der Waals surface area contributed by atoms with Crippen molar-refractivity contribution in [2.45, 2.75) is 199 Å². The average Bonchev–Trinajstić information content (AvgIpc) is 3.16. The molecular formula is C36H63N7O11S3. The third kappa shape index (κ3) is 11.8. The van der Waals surface area contributed by atoms with Crippen LogP contribution in [0, 0.1) is 17.8 Å². The van der Waals surface area contributed by atoms with Crippen LogP contribution in [0.15, 0.2) is 30.7 Å². The predicted octanol–water partition coefficient (Wildman–Crippen LogP) is 5.00. The van der Waals surface area contributed by atoms with Gasteiger partial charge in [0.05, 0.1) is 52.9 Å². The van der Waals surface area contributed by atoms with Crippen molar-refractivity contribution in [2.75, 3.05) is 7.11 Å². The Morgan fingerprint density at radius 3 is 1.79 bits per heavy atom. The highest BCUT2D eigenvalue weighted by molar-refractivity contribution is 7.87. The van der Waals surface area contributed by atoms with Crippen molar-refractivity contribution in [1.29, 1.82) is 0 Å². The van der Waals surface area contributed by atoms with Crippen LogP contribution in [0.1, 0.15) is 122 Å². The Balaban J connectivity index is 1.01. The Hall–Kier alpha value is -1.59. The maximum absolute atomic E-state index is 12.6. The number of fused-ring (bicyclic) bond motifs is 1. The van der Waals surface area contributed by atoms with E-state index >= 15 is 0 Å². The molecule has 6 saturated carbocycles. The highest BCUT2D eigenvalue weighted by atomic mass is 32.2. The van der Waals surface area contributed by atoms with E-state index in [1.807, 2.05) is 0 Å². The maximum atomic E-state index is 12.6. The molecular weight excluding hydrogens is 803 g/mol. The summed E-state index contributed by atoms with van der Waals surface area (Å²) in [5.41, 5.74) is 0. The van der Waals surface area contributed by atoms with Crippen LogP contribution >= 0.6 is 0 Å². The van der Waals surface area contributed by atoms with Crippen LogP contribution in [-0.2, 0) is 35.1 Å². The fourth-order valence-corrected chi connectivity index (χ4v) is 13.5. The molecule has 6 aliphatic rings. The highest BCUT2D eigenvalue weighted by Crippen LogP contribution is 2.44. The first-order valence-electron chi connectivity index (χ1n) is 20.9. The lowest BCUT2D eigenvalue weighted by Crippen LogP contribution is -2.56. The van der Waals surface area contributed by atoms with Gasteiger partial charge in [-0.15, -0.1) is 0 Å². The van der Waals surface area contributed by atoms with Crippen LogP contribution < -0.4 is 5.32 Å². The largest absolute Gasteiger partial charge is 0.390 e. The van der Waals surface area contributed by atoms with Gasteiger partial charge in [0.2, 0.25) is 0 Å². The van der Waals surface area contributed by atoms with Crippen LogP contribution in [0.4, 0.5) is 0 Å². The van der Waals surface area contributed by atoms with Gasteiger partial charge in [0.1, 0.15) is 11.3 Å². The van der Waals surface area contributed by atoms with Crippen molar-refractivity contribution in [1.82, 2.24) is 5.32 Å². The molecule has 18 nitrogen and oxygen atoms in total. The van der Waals surface area contributed by atoms with Crippen LogP contribution in [0.2, 0.25) is 0 Å². The molecule has 0 radical (unpaired) electrons. The number of nitrogens with zero attached hydrogens (tertiary/aromatic N) is 6. The van der Waals surface area contributed by atoms with E-state index in [2.05, 4.69) is 32.7 Å². The van der Waals surface area contributed by atoms with Crippen LogP contribution in [0.25, 0.3) is 0 Å². The topological polar surface area (TPSA) is 279 Å². The molecule has 0 amide bonds. The first-order chi connectivity index (χ1) is 26.9. The molecule has 21 heteroatoms. The van der Waals surface area contributed by atoms with Gasteiger partial charge in [-0.3, -0.25) is 13.7 Å². The summed E-state index contributed by atoms with van der Waals surface area (Å²) in [4.78, 5) is 0. The SMILES string of the molecule is COC1CC(N=NC2CCCC(S(=O)(=O)O)C2)CCC1N=NC1CCC(N=NC2C(O)C3CC(NC4CCCC(S(=O)(=O)O)C4)CCC3CC2S(=O)(=O)O)CC1C. The second-order valence-corrected chi connectivity index (χ2v) is 22.9. The molecule has 16 unspecified atom stereocenters. The molecule has 0 bridgehead atoms. The summed E-state index contributed by atoms with van der Waals surface area (Å²) in [6.45, 7) is 2.08. The van der Waals surface area contributed by atoms with E-state index < -0.39 is 58.3 Å². The quantitative estimate of drug-likeness (QED) is 0.128. The van der Waals surface area contributed by atoms with Gasteiger partial charge >= 0.3 is 0 Å². The summed E-state index contributed by atoms with van der Waals surface area (Å²) in [6.07, 6.45) is 9.27. The molecule has 326 valence electrons. The molecule has 0 aromatic rings. The van der Waals surface area contributed by atoms with Gasteiger partial charge in [0.25, 0.3) is 30.4 Å². The Morgan fingerprint density at radius 2 is 1.14 bits per heavy atom. The molecule has 0 spiro atoms. The van der Waals surface area contributed by atoms with Crippen molar-refractivity contribution >= 4 is 30.4 Å². The summed E-state index contributed by atoms with van der Waals surface area (Å²) < 4.78 is 107. The molecule has 0 heterocycles. The Morgan fingerprint density at radius 1 is 0.561 bits per heavy atom. The first kappa shape index (κ1) is 44.9. The molecule has 6 fully saturated rings. The van der Waals surface area contributed by atoms with E-state index in [-0.39, 0.29) is 79.0 Å². The number of nitrogens with one attached hydrogen (secondary N) is 1. The van der Waals surface area contributed by atoms with Gasteiger partial charge < -0.3 is 15.2 Å². The van der Waals surface area contributed by atoms with Gasteiger partial charge in [-0.1, -0.05) is 13.3 Å². The molecule has 16 atom stereocenters. The third-order valence-electron chi connectivity index (χ3n) is 13.9. The molecule has 0 saturated heterocycles. The van der Waals surface area contributed by atoms with E-state index in [9.17, 15) is 44.0 Å². The van der Waals surface area contributed by atoms with Gasteiger partial charge in [-0.25, -0.2) is 0 Å². The summed E-state index contributed by atoms with van der Waals surface area (Å²) in [7, 11) is -11.1. The smallest absolute Gasteiger partial charge is 0.270 e. The summed E-state index contributed by atoms with van der Waals surface area (Å²) in [5, 5.41) is 39.9. The lowest BCUT2D eigenvalue weighted by molar-refractivity contribution is -0.0139. The summed E-state index contributed by atoms with van der Waals surface area (Å²) >= 11 is 0. The Labute approximate surface area is 337 Å².